The van der Waals surface area contributed by atoms with E-state index in [-0.39, 0.29) is 11.7 Å². The Morgan fingerprint density at radius 1 is 1.38 bits per heavy atom. The molecule has 1 aliphatic heterocycles. The van der Waals surface area contributed by atoms with Gasteiger partial charge in [0.15, 0.2) is 0 Å². The summed E-state index contributed by atoms with van der Waals surface area (Å²) < 4.78 is 0. The fraction of sp³-hybridized carbons (Fsp3) is 0.600. The highest BCUT2D eigenvalue weighted by atomic mass is 16.3. The number of likely N-dealkylation sites (N-methyl/N-ethyl adjacent to an activating group) is 1. The van der Waals surface area contributed by atoms with E-state index in [1.54, 1.807) is 0 Å². The molecule has 1 aromatic heterocycles. The van der Waals surface area contributed by atoms with Crippen LogP contribution in [0.2, 0.25) is 0 Å². The van der Waals surface area contributed by atoms with Crippen LogP contribution in [-0.4, -0.2) is 71.6 Å². The normalized spacial score (nSPS) is 18.4. The Bertz CT molecular complexity index is 472. The molecule has 6 nitrogen and oxygen atoms in total. The maximum atomic E-state index is 11.9. The van der Waals surface area contributed by atoms with Gasteiger partial charge in [-0.2, -0.15) is 0 Å². The molecule has 0 bridgehead atoms. The maximum absolute atomic E-state index is 11.9. The van der Waals surface area contributed by atoms with Gasteiger partial charge in [0.2, 0.25) is 0 Å². The van der Waals surface area contributed by atoms with Crippen molar-refractivity contribution in [1.29, 1.82) is 0 Å². The van der Waals surface area contributed by atoms with Crippen LogP contribution in [-0.2, 0) is 0 Å². The van der Waals surface area contributed by atoms with Crippen molar-refractivity contribution in [1.82, 2.24) is 20.1 Å². The second kappa shape index (κ2) is 7.38. The molecule has 0 radical (unpaired) electrons. The van der Waals surface area contributed by atoms with Crippen LogP contribution < -0.4 is 5.32 Å². The van der Waals surface area contributed by atoms with Crippen molar-refractivity contribution in [2.45, 2.75) is 19.4 Å². The lowest BCUT2D eigenvalue weighted by Crippen LogP contribution is -2.48. The lowest BCUT2D eigenvalue weighted by atomic mass is 10.1. The number of piperazine rings is 1. The Morgan fingerprint density at radius 2 is 2.10 bits per heavy atom. The number of pyridine rings is 1. The van der Waals surface area contributed by atoms with Gasteiger partial charge in [0.1, 0.15) is 5.75 Å². The van der Waals surface area contributed by atoms with E-state index in [2.05, 4.69) is 34.1 Å². The van der Waals surface area contributed by atoms with Crippen LogP contribution in [0, 0.1) is 0 Å². The zero-order valence-electron chi connectivity index (χ0n) is 12.7. The minimum Gasteiger partial charge on any atom is -0.506 e. The number of aromatic hydroxyl groups is 1. The Hall–Kier alpha value is -1.66. The Balaban J connectivity index is 1.72. The summed E-state index contributed by atoms with van der Waals surface area (Å²) in [5, 5.41) is 12.2. The smallest absolute Gasteiger partial charge is 0.252 e. The minimum absolute atomic E-state index is 0.00783. The summed E-state index contributed by atoms with van der Waals surface area (Å²) in [5.74, 6) is -0.183. The molecule has 0 aliphatic carbocycles. The summed E-state index contributed by atoms with van der Waals surface area (Å²) in [6, 6.07) is 1.88. The summed E-state index contributed by atoms with van der Waals surface area (Å²) in [5.41, 5.74) is 0.391. The molecular weight excluding hydrogens is 268 g/mol. The maximum Gasteiger partial charge on any atom is 0.252 e. The first-order valence-electron chi connectivity index (χ1n) is 7.41. The molecule has 6 heteroatoms. The molecular formula is C15H24N4O2. The van der Waals surface area contributed by atoms with Crippen molar-refractivity contribution in [3.05, 3.63) is 24.0 Å². The first-order valence-corrected chi connectivity index (χ1v) is 7.41. The summed E-state index contributed by atoms with van der Waals surface area (Å²) in [7, 11) is 2.14. The highest BCUT2D eigenvalue weighted by molar-refractivity contribution is 5.94. The van der Waals surface area contributed by atoms with E-state index in [1.165, 1.54) is 18.5 Å². The van der Waals surface area contributed by atoms with Gasteiger partial charge in [-0.3, -0.25) is 14.7 Å². The largest absolute Gasteiger partial charge is 0.506 e. The van der Waals surface area contributed by atoms with Crippen molar-refractivity contribution < 1.29 is 9.90 Å². The van der Waals surface area contributed by atoms with Gasteiger partial charge in [-0.05, 0) is 26.5 Å². The molecule has 1 atom stereocenters. The number of nitrogens with one attached hydrogen (secondary N) is 1. The first-order chi connectivity index (χ1) is 10.1. The summed E-state index contributed by atoms with van der Waals surface area (Å²) in [6.45, 7) is 7.21. The predicted octanol–water partition coefficient (Wildman–Crippen LogP) is 0.543. The van der Waals surface area contributed by atoms with E-state index in [1.807, 2.05) is 0 Å². The van der Waals surface area contributed by atoms with Crippen molar-refractivity contribution >= 4 is 5.91 Å². The van der Waals surface area contributed by atoms with Crippen molar-refractivity contribution in [3.8, 4) is 5.75 Å². The number of hydrogen-bond acceptors (Lipinski definition) is 5. The molecule has 2 rings (SSSR count). The molecule has 2 heterocycles. The number of carbonyl (C=O) groups is 1. The quantitative estimate of drug-likeness (QED) is 0.829. The van der Waals surface area contributed by atoms with Gasteiger partial charge in [-0.1, -0.05) is 0 Å². The lowest BCUT2D eigenvalue weighted by Gasteiger charge is -2.36. The average molecular weight is 292 g/mol. The molecule has 0 spiro atoms. The van der Waals surface area contributed by atoms with Crippen molar-refractivity contribution in [2.24, 2.45) is 0 Å². The monoisotopic (exact) mass is 292 g/mol. The fourth-order valence-corrected chi connectivity index (χ4v) is 2.49. The van der Waals surface area contributed by atoms with Crippen LogP contribution in [0.5, 0.6) is 5.75 Å². The van der Waals surface area contributed by atoms with Crippen LogP contribution in [0.4, 0.5) is 0 Å². The third-order valence-corrected chi connectivity index (χ3v) is 3.99. The molecule has 1 aromatic rings. The average Bonchev–Trinajstić information content (AvgIpc) is 2.47. The number of rotatable bonds is 5. The van der Waals surface area contributed by atoms with Gasteiger partial charge >= 0.3 is 0 Å². The third kappa shape index (κ3) is 4.68. The van der Waals surface area contributed by atoms with E-state index >= 15 is 0 Å². The van der Waals surface area contributed by atoms with Gasteiger partial charge in [-0.25, -0.2) is 0 Å². The molecule has 0 unspecified atom stereocenters. The van der Waals surface area contributed by atoms with E-state index in [0.29, 0.717) is 18.2 Å². The molecule has 1 aliphatic rings. The summed E-state index contributed by atoms with van der Waals surface area (Å²) >= 11 is 0. The van der Waals surface area contributed by atoms with Gasteiger partial charge in [0.05, 0.1) is 11.8 Å². The summed E-state index contributed by atoms with van der Waals surface area (Å²) in [4.78, 5) is 20.5. The lowest BCUT2D eigenvalue weighted by molar-refractivity contribution is 0.0934. The van der Waals surface area contributed by atoms with E-state index in [0.717, 1.165) is 32.6 Å². The van der Waals surface area contributed by atoms with Crippen LogP contribution in [0.3, 0.4) is 0 Å². The van der Waals surface area contributed by atoms with Gasteiger partial charge < -0.3 is 15.3 Å². The molecule has 1 amide bonds. The SMILES string of the molecule is C[C@@H](CCNC(=O)c1cncc(O)c1)N1CCN(C)CC1. The number of carbonyl (C=O) groups excluding carboxylic acids is 1. The third-order valence-electron chi connectivity index (χ3n) is 3.99. The standard InChI is InChI=1S/C15H24N4O2/c1-12(19-7-5-18(2)6-8-19)3-4-17-15(21)13-9-14(20)11-16-10-13/h9-12,20H,3-8H2,1-2H3,(H,17,21)/t12-/m0/s1. The van der Waals surface area contributed by atoms with Crippen molar-refractivity contribution in [3.63, 3.8) is 0 Å². The van der Waals surface area contributed by atoms with Crippen LogP contribution in [0.1, 0.15) is 23.7 Å². The Kier molecular flexibility index (Phi) is 5.52. The first kappa shape index (κ1) is 15.7. The van der Waals surface area contributed by atoms with Gasteiger partial charge in [-0.15, -0.1) is 0 Å². The molecule has 1 saturated heterocycles. The molecule has 21 heavy (non-hydrogen) atoms. The number of nitrogens with zero attached hydrogens (tertiary/aromatic N) is 3. The van der Waals surface area contributed by atoms with Crippen LogP contribution in [0.25, 0.3) is 0 Å². The highest BCUT2D eigenvalue weighted by Gasteiger charge is 2.18. The van der Waals surface area contributed by atoms with Crippen LogP contribution >= 0.6 is 0 Å². The molecule has 116 valence electrons. The van der Waals surface area contributed by atoms with Crippen molar-refractivity contribution in [2.75, 3.05) is 39.8 Å². The molecule has 0 saturated carbocycles. The Labute approximate surface area is 125 Å². The van der Waals surface area contributed by atoms with Crippen LogP contribution in [0.15, 0.2) is 18.5 Å². The predicted molar refractivity (Wildman–Crippen MR) is 81.4 cm³/mol. The number of aromatic nitrogens is 1. The van der Waals surface area contributed by atoms with Gasteiger partial charge in [0, 0.05) is 45.0 Å². The number of amides is 1. The zero-order valence-corrected chi connectivity index (χ0v) is 12.7. The van der Waals surface area contributed by atoms with E-state index < -0.39 is 0 Å². The minimum atomic E-state index is -0.191. The molecule has 2 N–H and O–H groups in total. The summed E-state index contributed by atoms with van der Waals surface area (Å²) in [6.07, 6.45) is 3.69. The Morgan fingerprint density at radius 3 is 2.76 bits per heavy atom. The second-order valence-electron chi connectivity index (χ2n) is 5.66. The molecule has 0 aromatic carbocycles. The van der Waals surface area contributed by atoms with E-state index in [9.17, 15) is 9.90 Å². The van der Waals surface area contributed by atoms with Gasteiger partial charge in [0.25, 0.3) is 5.91 Å². The second-order valence-corrected chi connectivity index (χ2v) is 5.66. The fourth-order valence-electron chi connectivity index (χ4n) is 2.49. The zero-order chi connectivity index (χ0) is 15.2. The molecule has 1 fully saturated rings. The number of hydrogen-bond donors (Lipinski definition) is 2. The van der Waals surface area contributed by atoms with E-state index in [4.69, 9.17) is 0 Å². The highest BCUT2D eigenvalue weighted by Crippen LogP contribution is 2.09. The topological polar surface area (TPSA) is 68.7 Å².